The van der Waals surface area contributed by atoms with Crippen molar-refractivity contribution in [1.82, 2.24) is 10.3 Å². The van der Waals surface area contributed by atoms with E-state index in [2.05, 4.69) is 24.1 Å². The number of aromatic nitrogens is 1. The number of thiazole rings is 1. The van der Waals surface area contributed by atoms with Crippen LogP contribution < -0.4 is 11.1 Å². The van der Waals surface area contributed by atoms with Crippen LogP contribution in [0, 0.1) is 5.92 Å². The monoisotopic (exact) mass is 389 g/mol. The van der Waals surface area contributed by atoms with Gasteiger partial charge >= 0.3 is 0 Å². The summed E-state index contributed by atoms with van der Waals surface area (Å²) in [5.74, 6) is 0.0794. The number of nitrogens with one attached hydrogen (secondary N) is 1. The van der Waals surface area contributed by atoms with E-state index in [1.54, 1.807) is 11.3 Å². The van der Waals surface area contributed by atoms with E-state index in [4.69, 9.17) is 5.73 Å². The SMILES string of the molecule is CC(C)c1csc(CNC(=O)C(C)C(N)c2ccccc2)n1.Cl.Cl. The van der Waals surface area contributed by atoms with Crippen LogP contribution in [0.15, 0.2) is 35.7 Å². The Kier molecular flexibility index (Phi) is 10.2. The number of carbonyl (C=O) groups is 1. The molecule has 0 aliphatic heterocycles. The molecule has 0 spiro atoms. The van der Waals surface area contributed by atoms with Gasteiger partial charge in [-0.2, -0.15) is 0 Å². The smallest absolute Gasteiger partial charge is 0.225 e. The summed E-state index contributed by atoms with van der Waals surface area (Å²) in [5, 5.41) is 5.91. The highest BCUT2D eigenvalue weighted by Crippen LogP contribution is 2.20. The predicted octanol–water partition coefficient (Wildman–Crippen LogP) is 4.06. The summed E-state index contributed by atoms with van der Waals surface area (Å²) >= 11 is 1.58. The van der Waals surface area contributed by atoms with Gasteiger partial charge in [0.05, 0.1) is 18.2 Å². The standard InChI is InChI=1S/C17H23N3OS.2ClH/c1-11(2)14-10-22-15(20-14)9-19-17(21)12(3)16(18)13-7-5-4-6-8-13;;/h4-8,10-12,16H,9,18H2,1-3H3,(H,19,21);2*1H. The molecule has 2 atom stereocenters. The van der Waals surface area contributed by atoms with Gasteiger partial charge in [0.2, 0.25) is 5.91 Å². The normalized spacial score (nSPS) is 12.7. The highest BCUT2D eigenvalue weighted by atomic mass is 35.5. The lowest BCUT2D eigenvalue weighted by Gasteiger charge is -2.19. The maximum atomic E-state index is 12.3. The van der Waals surface area contributed by atoms with Crippen LogP contribution in [0.25, 0.3) is 0 Å². The fraction of sp³-hybridized carbons (Fsp3) is 0.412. The summed E-state index contributed by atoms with van der Waals surface area (Å²) in [5.41, 5.74) is 8.22. The summed E-state index contributed by atoms with van der Waals surface area (Å²) in [6.07, 6.45) is 0. The maximum absolute atomic E-state index is 12.3. The number of benzene rings is 1. The predicted molar refractivity (Wildman–Crippen MR) is 105 cm³/mol. The molecule has 2 unspecified atom stereocenters. The minimum atomic E-state index is -0.302. The van der Waals surface area contributed by atoms with Crippen LogP contribution in [-0.2, 0) is 11.3 Å². The second-order valence-corrected chi connectivity index (χ2v) is 6.71. The van der Waals surface area contributed by atoms with Gasteiger partial charge in [0.1, 0.15) is 5.01 Å². The molecule has 24 heavy (non-hydrogen) atoms. The molecular weight excluding hydrogens is 365 g/mol. The molecule has 0 bridgehead atoms. The van der Waals surface area contributed by atoms with Gasteiger partial charge in [0, 0.05) is 11.4 Å². The molecule has 1 aromatic carbocycles. The van der Waals surface area contributed by atoms with Gasteiger partial charge in [-0.15, -0.1) is 36.2 Å². The fourth-order valence-electron chi connectivity index (χ4n) is 2.12. The third-order valence-electron chi connectivity index (χ3n) is 3.71. The average molecular weight is 390 g/mol. The van der Waals surface area contributed by atoms with E-state index in [-0.39, 0.29) is 42.7 Å². The van der Waals surface area contributed by atoms with Crippen molar-refractivity contribution in [3.05, 3.63) is 52.0 Å². The molecule has 3 N–H and O–H groups in total. The van der Waals surface area contributed by atoms with Crippen molar-refractivity contribution in [2.75, 3.05) is 0 Å². The van der Waals surface area contributed by atoms with E-state index < -0.39 is 0 Å². The van der Waals surface area contributed by atoms with Crippen LogP contribution >= 0.6 is 36.2 Å². The molecule has 1 heterocycles. The third-order valence-corrected chi connectivity index (χ3v) is 4.58. The number of rotatable bonds is 6. The Hall–Kier alpha value is -1.14. The molecule has 0 saturated heterocycles. The third kappa shape index (κ3) is 6.06. The quantitative estimate of drug-likeness (QED) is 0.782. The first-order chi connectivity index (χ1) is 10.5. The first-order valence-corrected chi connectivity index (χ1v) is 8.39. The molecule has 0 fully saturated rings. The Morgan fingerprint density at radius 3 is 2.38 bits per heavy atom. The Bertz CT molecular complexity index is 619. The Labute approximate surface area is 160 Å². The molecule has 2 rings (SSSR count). The number of hydrogen-bond acceptors (Lipinski definition) is 4. The van der Waals surface area contributed by atoms with Crippen molar-refractivity contribution in [2.45, 2.75) is 39.3 Å². The van der Waals surface area contributed by atoms with Gasteiger partial charge in [-0.1, -0.05) is 51.1 Å². The van der Waals surface area contributed by atoms with Crippen LogP contribution in [0.3, 0.4) is 0 Å². The van der Waals surface area contributed by atoms with Crippen molar-refractivity contribution in [2.24, 2.45) is 11.7 Å². The first-order valence-electron chi connectivity index (χ1n) is 7.51. The topological polar surface area (TPSA) is 68.0 Å². The zero-order valence-electron chi connectivity index (χ0n) is 14.1. The number of nitrogens with zero attached hydrogens (tertiary/aromatic N) is 1. The van der Waals surface area contributed by atoms with Gasteiger partial charge in [-0.3, -0.25) is 4.79 Å². The molecule has 2 aromatic rings. The van der Waals surface area contributed by atoms with Crippen LogP contribution in [-0.4, -0.2) is 10.9 Å². The van der Waals surface area contributed by atoms with Gasteiger partial charge in [-0.05, 0) is 11.5 Å². The zero-order valence-corrected chi connectivity index (χ0v) is 16.5. The molecule has 0 aliphatic carbocycles. The van der Waals surface area contributed by atoms with Crippen molar-refractivity contribution in [3.63, 3.8) is 0 Å². The number of amides is 1. The summed E-state index contributed by atoms with van der Waals surface area (Å²) in [6.45, 7) is 6.53. The number of hydrogen-bond donors (Lipinski definition) is 2. The van der Waals surface area contributed by atoms with E-state index in [0.29, 0.717) is 12.5 Å². The lowest BCUT2D eigenvalue weighted by atomic mass is 9.95. The number of carbonyl (C=O) groups excluding carboxylic acids is 1. The highest BCUT2D eigenvalue weighted by molar-refractivity contribution is 7.09. The molecule has 134 valence electrons. The van der Waals surface area contributed by atoms with Gasteiger partial charge < -0.3 is 11.1 Å². The van der Waals surface area contributed by atoms with E-state index >= 15 is 0 Å². The van der Waals surface area contributed by atoms with E-state index in [1.165, 1.54) is 0 Å². The summed E-state index contributed by atoms with van der Waals surface area (Å²) in [6, 6.07) is 9.40. The lowest BCUT2D eigenvalue weighted by molar-refractivity contribution is -0.125. The van der Waals surface area contributed by atoms with Crippen LogP contribution in [0.1, 0.15) is 49.0 Å². The number of nitrogens with two attached hydrogens (primary N) is 1. The van der Waals surface area contributed by atoms with Crippen LogP contribution in [0.5, 0.6) is 0 Å². The Morgan fingerprint density at radius 1 is 1.21 bits per heavy atom. The van der Waals surface area contributed by atoms with Crippen molar-refractivity contribution in [3.8, 4) is 0 Å². The molecule has 4 nitrogen and oxygen atoms in total. The molecule has 1 aromatic heterocycles. The summed E-state index contributed by atoms with van der Waals surface area (Å²) in [7, 11) is 0. The van der Waals surface area contributed by atoms with E-state index in [9.17, 15) is 4.79 Å². The van der Waals surface area contributed by atoms with Gasteiger partial charge in [0.25, 0.3) is 0 Å². The fourth-order valence-corrected chi connectivity index (χ4v) is 3.02. The minimum Gasteiger partial charge on any atom is -0.349 e. The second kappa shape index (κ2) is 10.7. The molecule has 0 aliphatic rings. The first kappa shape index (κ1) is 22.9. The Morgan fingerprint density at radius 2 is 1.83 bits per heavy atom. The molecule has 7 heteroatoms. The zero-order chi connectivity index (χ0) is 16.1. The van der Waals surface area contributed by atoms with Crippen molar-refractivity contribution in [1.29, 1.82) is 0 Å². The molecule has 1 amide bonds. The van der Waals surface area contributed by atoms with Crippen LogP contribution in [0.2, 0.25) is 0 Å². The molecule has 0 saturated carbocycles. The van der Waals surface area contributed by atoms with E-state index in [1.807, 2.05) is 42.6 Å². The molecular formula is C17H25Cl2N3OS. The summed E-state index contributed by atoms with van der Waals surface area (Å²) < 4.78 is 0. The van der Waals surface area contributed by atoms with E-state index in [0.717, 1.165) is 16.3 Å². The van der Waals surface area contributed by atoms with Crippen molar-refractivity contribution >= 4 is 42.1 Å². The lowest BCUT2D eigenvalue weighted by Crippen LogP contribution is -2.35. The number of halogens is 2. The molecule has 0 radical (unpaired) electrons. The maximum Gasteiger partial charge on any atom is 0.225 e. The van der Waals surface area contributed by atoms with Crippen LogP contribution in [0.4, 0.5) is 0 Å². The average Bonchev–Trinajstić information content (AvgIpc) is 3.01. The summed E-state index contributed by atoms with van der Waals surface area (Å²) in [4.78, 5) is 16.8. The second-order valence-electron chi connectivity index (χ2n) is 5.76. The largest absolute Gasteiger partial charge is 0.349 e. The highest BCUT2D eigenvalue weighted by Gasteiger charge is 2.22. The van der Waals surface area contributed by atoms with Gasteiger partial charge in [-0.25, -0.2) is 4.98 Å². The van der Waals surface area contributed by atoms with Gasteiger partial charge in [0.15, 0.2) is 0 Å². The minimum absolute atomic E-state index is 0. The van der Waals surface area contributed by atoms with Crippen molar-refractivity contribution < 1.29 is 4.79 Å². The Balaban J connectivity index is 0.00000264.